The monoisotopic (exact) mass is 130 g/mol. The highest BCUT2D eigenvalue weighted by molar-refractivity contribution is 5.08. The van der Waals surface area contributed by atoms with Crippen LogP contribution in [-0.2, 0) is 4.74 Å². The first-order valence-electron chi connectivity index (χ1n) is 2.71. The Morgan fingerprint density at radius 3 is 2.22 bits per heavy atom. The van der Waals surface area contributed by atoms with Gasteiger partial charge in [-0.3, -0.25) is 0 Å². The van der Waals surface area contributed by atoms with E-state index in [9.17, 15) is 4.39 Å². The van der Waals surface area contributed by atoms with Gasteiger partial charge in [-0.15, -0.1) is 0 Å². The van der Waals surface area contributed by atoms with Gasteiger partial charge in [-0.1, -0.05) is 11.6 Å². The maximum Gasteiger partial charge on any atom is 0.272 e. The average Bonchev–Trinajstić information content (AvgIpc) is 1.83. The van der Waals surface area contributed by atoms with Crippen LogP contribution >= 0.6 is 0 Å². The number of halogens is 1. The van der Waals surface area contributed by atoms with Crippen molar-refractivity contribution in [2.24, 2.45) is 0 Å². The van der Waals surface area contributed by atoms with Gasteiger partial charge in [0.25, 0.3) is 6.01 Å². The van der Waals surface area contributed by atoms with Crippen molar-refractivity contribution in [3.8, 4) is 0 Å². The minimum absolute atomic E-state index is 0.559. The molecule has 0 N–H and O–H groups in total. The van der Waals surface area contributed by atoms with Crippen molar-refractivity contribution in [3.05, 3.63) is 23.7 Å². The summed E-state index contributed by atoms with van der Waals surface area (Å²) in [7, 11) is 1.30. The van der Waals surface area contributed by atoms with Crippen LogP contribution in [0.3, 0.4) is 0 Å². The van der Waals surface area contributed by atoms with Crippen LogP contribution in [0.1, 0.15) is 13.8 Å². The summed E-state index contributed by atoms with van der Waals surface area (Å²) in [6.07, 6.45) is 2.94. The predicted octanol–water partition coefficient (Wildman–Crippen LogP) is 2.41. The molecule has 0 aliphatic rings. The lowest BCUT2D eigenvalue weighted by Gasteiger charge is -1.89. The molecule has 9 heavy (non-hydrogen) atoms. The topological polar surface area (TPSA) is 9.23 Å². The minimum Gasteiger partial charge on any atom is -0.474 e. The molecule has 0 rings (SSSR count). The maximum absolute atomic E-state index is 12.1. The molecule has 0 bridgehead atoms. The second kappa shape index (κ2) is 4.13. The molecule has 0 atom stereocenters. The van der Waals surface area contributed by atoms with E-state index in [1.165, 1.54) is 13.2 Å². The summed E-state index contributed by atoms with van der Waals surface area (Å²) in [6.45, 7) is 3.78. The fourth-order valence-corrected chi connectivity index (χ4v) is 0.300. The van der Waals surface area contributed by atoms with E-state index in [1.807, 2.05) is 13.8 Å². The zero-order valence-corrected chi connectivity index (χ0v) is 5.94. The lowest BCUT2D eigenvalue weighted by Crippen LogP contribution is -1.74. The van der Waals surface area contributed by atoms with Gasteiger partial charge in [0.2, 0.25) is 0 Å². The third-order valence-corrected chi connectivity index (χ3v) is 0.743. The molecular formula is C7H11FO. The Morgan fingerprint density at radius 2 is 1.89 bits per heavy atom. The highest BCUT2D eigenvalue weighted by Gasteiger charge is 1.83. The molecular weight excluding hydrogens is 119 g/mol. The van der Waals surface area contributed by atoms with E-state index in [4.69, 9.17) is 0 Å². The Kier molecular flexibility index (Phi) is 3.76. The highest BCUT2D eigenvalue weighted by Crippen LogP contribution is 1.98. The zero-order valence-electron chi connectivity index (χ0n) is 5.94. The molecule has 52 valence electrons. The fourth-order valence-electron chi connectivity index (χ4n) is 0.300. The smallest absolute Gasteiger partial charge is 0.272 e. The van der Waals surface area contributed by atoms with Crippen molar-refractivity contribution < 1.29 is 9.13 Å². The number of hydrogen-bond donors (Lipinski definition) is 0. The fraction of sp³-hybridized carbons (Fsp3) is 0.429. The Bertz CT molecular complexity index is 132. The van der Waals surface area contributed by atoms with Crippen molar-refractivity contribution >= 4 is 0 Å². The molecule has 0 aromatic heterocycles. The lowest BCUT2D eigenvalue weighted by molar-refractivity contribution is 0.203. The molecule has 0 amide bonds. The van der Waals surface area contributed by atoms with Gasteiger partial charge in [-0.2, -0.15) is 4.39 Å². The van der Waals surface area contributed by atoms with E-state index in [1.54, 1.807) is 6.08 Å². The summed E-state index contributed by atoms with van der Waals surface area (Å²) < 4.78 is 16.3. The third kappa shape index (κ3) is 5.07. The standard InChI is InChI=1S/C7H11FO/c1-6(2)4-5-7(8)9-3/h4-5H,1-3H3/b7-5-. The Hall–Kier alpha value is -0.790. The van der Waals surface area contributed by atoms with Gasteiger partial charge in [0.05, 0.1) is 7.11 Å². The molecule has 0 unspecified atom stereocenters. The van der Waals surface area contributed by atoms with Crippen molar-refractivity contribution in [2.45, 2.75) is 13.8 Å². The molecule has 0 aromatic rings. The summed E-state index contributed by atoms with van der Waals surface area (Å²) >= 11 is 0. The zero-order chi connectivity index (χ0) is 7.28. The van der Waals surface area contributed by atoms with E-state index in [0.717, 1.165) is 5.57 Å². The second-order valence-corrected chi connectivity index (χ2v) is 1.92. The van der Waals surface area contributed by atoms with Crippen LogP contribution in [0.4, 0.5) is 4.39 Å². The minimum atomic E-state index is -0.559. The van der Waals surface area contributed by atoms with Gasteiger partial charge < -0.3 is 4.74 Å². The number of allylic oxidation sites excluding steroid dienone is 3. The molecule has 2 heteroatoms. The first-order valence-corrected chi connectivity index (χ1v) is 2.71. The van der Waals surface area contributed by atoms with E-state index in [2.05, 4.69) is 4.74 Å². The van der Waals surface area contributed by atoms with Crippen LogP contribution in [0.5, 0.6) is 0 Å². The van der Waals surface area contributed by atoms with Crippen molar-refractivity contribution in [1.29, 1.82) is 0 Å². The summed E-state index contributed by atoms with van der Waals surface area (Å²) in [5, 5.41) is 0. The number of methoxy groups -OCH3 is 1. The Balaban J connectivity index is 3.83. The lowest BCUT2D eigenvalue weighted by atomic mass is 10.3. The maximum atomic E-state index is 12.1. The van der Waals surface area contributed by atoms with Crippen LogP contribution in [0.2, 0.25) is 0 Å². The predicted molar refractivity (Wildman–Crippen MR) is 35.6 cm³/mol. The molecule has 0 fully saturated rings. The first kappa shape index (κ1) is 8.21. The molecule has 0 saturated carbocycles. The van der Waals surface area contributed by atoms with Gasteiger partial charge in [0.1, 0.15) is 0 Å². The van der Waals surface area contributed by atoms with Crippen LogP contribution in [0.25, 0.3) is 0 Å². The molecule has 0 saturated heterocycles. The van der Waals surface area contributed by atoms with E-state index in [-0.39, 0.29) is 0 Å². The SMILES string of the molecule is CO/C(F)=C\C=C(C)C. The van der Waals surface area contributed by atoms with E-state index in [0.29, 0.717) is 0 Å². The Morgan fingerprint density at radius 1 is 1.33 bits per heavy atom. The normalized spacial score (nSPS) is 10.9. The van der Waals surface area contributed by atoms with Gasteiger partial charge in [0.15, 0.2) is 0 Å². The summed E-state index contributed by atoms with van der Waals surface area (Å²) in [5.41, 5.74) is 1.04. The van der Waals surface area contributed by atoms with E-state index >= 15 is 0 Å². The van der Waals surface area contributed by atoms with Gasteiger partial charge in [-0.05, 0) is 13.8 Å². The van der Waals surface area contributed by atoms with Crippen LogP contribution < -0.4 is 0 Å². The Labute approximate surface area is 54.8 Å². The summed E-state index contributed by atoms with van der Waals surface area (Å²) in [5.74, 6) is 0. The van der Waals surface area contributed by atoms with Gasteiger partial charge in [0, 0.05) is 6.08 Å². The van der Waals surface area contributed by atoms with Crippen molar-refractivity contribution in [1.82, 2.24) is 0 Å². The molecule has 0 aliphatic heterocycles. The van der Waals surface area contributed by atoms with Crippen molar-refractivity contribution in [3.63, 3.8) is 0 Å². The highest BCUT2D eigenvalue weighted by atomic mass is 19.1. The second-order valence-electron chi connectivity index (χ2n) is 1.92. The molecule has 0 aromatic carbocycles. The van der Waals surface area contributed by atoms with Crippen LogP contribution in [0, 0.1) is 0 Å². The summed E-state index contributed by atoms with van der Waals surface area (Å²) in [6, 6.07) is -0.559. The third-order valence-electron chi connectivity index (χ3n) is 0.743. The van der Waals surface area contributed by atoms with Gasteiger partial charge in [-0.25, -0.2) is 0 Å². The van der Waals surface area contributed by atoms with E-state index < -0.39 is 6.01 Å². The molecule has 0 aliphatic carbocycles. The number of rotatable bonds is 2. The molecule has 0 heterocycles. The van der Waals surface area contributed by atoms with Crippen LogP contribution in [0.15, 0.2) is 23.7 Å². The molecule has 0 spiro atoms. The van der Waals surface area contributed by atoms with Gasteiger partial charge >= 0.3 is 0 Å². The number of ether oxygens (including phenoxy) is 1. The molecule has 1 nitrogen and oxygen atoms in total. The van der Waals surface area contributed by atoms with Crippen molar-refractivity contribution in [2.75, 3.05) is 7.11 Å². The number of hydrogen-bond acceptors (Lipinski definition) is 1. The molecule has 0 radical (unpaired) electrons. The largest absolute Gasteiger partial charge is 0.474 e. The summed E-state index contributed by atoms with van der Waals surface area (Å²) in [4.78, 5) is 0. The average molecular weight is 130 g/mol. The van der Waals surface area contributed by atoms with Crippen LogP contribution in [-0.4, -0.2) is 7.11 Å². The first-order chi connectivity index (χ1) is 4.16. The quantitative estimate of drug-likeness (QED) is 0.412.